The van der Waals surface area contributed by atoms with Crippen molar-refractivity contribution in [1.29, 1.82) is 0 Å². The van der Waals surface area contributed by atoms with E-state index in [9.17, 15) is 21.6 Å². The van der Waals surface area contributed by atoms with E-state index in [0.717, 1.165) is 0 Å². The number of hydrogen-bond donors (Lipinski definition) is 4. The predicted molar refractivity (Wildman–Crippen MR) is 150 cm³/mol. The fourth-order valence-corrected chi connectivity index (χ4v) is 7.50. The Labute approximate surface area is 240 Å². The molecule has 4 N–H and O–H groups in total. The average molecular weight is 700 g/mol. The van der Waals surface area contributed by atoms with E-state index in [1.54, 1.807) is 64.1 Å². The Morgan fingerprint density at radius 3 is 1.37 bits per heavy atom. The first-order valence-electron chi connectivity index (χ1n) is 11.6. The van der Waals surface area contributed by atoms with Crippen LogP contribution in [0.2, 0.25) is 0 Å². The van der Waals surface area contributed by atoms with Crippen LogP contribution in [0.3, 0.4) is 0 Å². The monoisotopic (exact) mass is 698 g/mol. The SMILES string of the molecule is CC(C)NC(COC(=O)OCC(NC(C)C)NS(=O)(=O)c1ccccc1Br)NS(=O)(=O)c1ccccc1Br. The molecule has 0 amide bonds. The van der Waals surface area contributed by atoms with Crippen molar-refractivity contribution in [3.63, 3.8) is 0 Å². The molecule has 0 fully saturated rings. The smallest absolute Gasteiger partial charge is 0.431 e. The molecule has 0 saturated heterocycles. The van der Waals surface area contributed by atoms with Crippen molar-refractivity contribution in [2.24, 2.45) is 0 Å². The quantitative estimate of drug-likeness (QED) is 0.172. The van der Waals surface area contributed by atoms with E-state index in [4.69, 9.17) is 9.47 Å². The highest BCUT2D eigenvalue weighted by Crippen LogP contribution is 2.22. The standard InChI is InChI=1S/C23H32Br2N4O7S2/c1-15(2)26-21(28-37(31,32)19-11-7-5-9-17(19)24)13-35-23(30)36-14-22(27-16(3)4)29-38(33,34)20-12-8-6-10-18(20)25/h5-12,15-16,21-22,26-29H,13-14H2,1-4H3. The number of halogens is 2. The number of nitrogens with one attached hydrogen (secondary N) is 4. The van der Waals surface area contributed by atoms with Crippen LogP contribution in [0.15, 0.2) is 67.3 Å². The molecule has 0 aromatic heterocycles. The second-order valence-electron chi connectivity index (χ2n) is 8.72. The molecule has 0 heterocycles. The van der Waals surface area contributed by atoms with Gasteiger partial charge >= 0.3 is 6.16 Å². The second-order valence-corrected chi connectivity index (χ2v) is 13.8. The maximum atomic E-state index is 12.9. The van der Waals surface area contributed by atoms with Gasteiger partial charge in [0.15, 0.2) is 0 Å². The van der Waals surface area contributed by atoms with Crippen LogP contribution in [0.25, 0.3) is 0 Å². The van der Waals surface area contributed by atoms with Gasteiger partial charge in [-0.3, -0.25) is 10.6 Å². The van der Waals surface area contributed by atoms with Crippen molar-refractivity contribution in [3.05, 3.63) is 57.5 Å². The van der Waals surface area contributed by atoms with Gasteiger partial charge in [-0.25, -0.2) is 21.6 Å². The lowest BCUT2D eigenvalue weighted by Crippen LogP contribution is -2.52. The Kier molecular flexibility index (Phi) is 12.6. The lowest BCUT2D eigenvalue weighted by Gasteiger charge is -2.24. The molecule has 2 unspecified atom stereocenters. The number of sulfonamides is 2. The Balaban J connectivity index is 2.02. The van der Waals surface area contributed by atoms with Gasteiger partial charge in [-0.2, -0.15) is 9.44 Å². The molecule has 15 heteroatoms. The first-order chi connectivity index (χ1) is 17.7. The molecule has 0 aliphatic carbocycles. The van der Waals surface area contributed by atoms with E-state index in [1.807, 2.05) is 0 Å². The van der Waals surface area contributed by atoms with Crippen LogP contribution < -0.4 is 20.1 Å². The lowest BCUT2D eigenvalue weighted by atomic mass is 10.4. The highest BCUT2D eigenvalue weighted by Gasteiger charge is 2.26. The Morgan fingerprint density at radius 2 is 1.05 bits per heavy atom. The minimum Gasteiger partial charge on any atom is -0.431 e. The summed E-state index contributed by atoms with van der Waals surface area (Å²) in [7, 11) is -7.91. The summed E-state index contributed by atoms with van der Waals surface area (Å²) < 4.78 is 67.4. The van der Waals surface area contributed by atoms with Crippen molar-refractivity contribution in [2.45, 2.75) is 61.9 Å². The minimum atomic E-state index is -3.96. The fourth-order valence-electron chi connectivity index (χ4n) is 3.21. The fraction of sp³-hybridized carbons (Fsp3) is 0.435. The van der Waals surface area contributed by atoms with Gasteiger partial charge in [0.25, 0.3) is 0 Å². The van der Waals surface area contributed by atoms with Crippen molar-refractivity contribution in [3.8, 4) is 0 Å². The normalized spacial score (nSPS) is 13.9. The third kappa shape index (κ3) is 10.5. The zero-order valence-electron chi connectivity index (χ0n) is 21.3. The molecule has 0 bridgehead atoms. The van der Waals surface area contributed by atoms with Crippen LogP contribution in [0.5, 0.6) is 0 Å². The van der Waals surface area contributed by atoms with E-state index in [0.29, 0.717) is 8.95 Å². The van der Waals surface area contributed by atoms with E-state index < -0.39 is 38.5 Å². The van der Waals surface area contributed by atoms with Crippen molar-refractivity contribution in [1.82, 2.24) is 20.1 Å². The largest absolute Gasteiger partial charge is 0.508 e. The lowest BCUT2D eigenvalue weighted by molar-refractivity contribution is 0.0392. The zero-order chi connectivity index (χ0) is 28.5. The average Bonchev–Trinajstić information content (AvgIpc) is 2.80. The molecule has 2 aromatic rings. The van der Waals surface area contributed by atoms with Crippen LogP contribution in [0, 0.1) is 0 Å². The molecular formula is C23H32Br2N4O7S2. The molecule has 0 aliphatic rings. The summed E-state index contributed by atoms with van der Waals surface area (Å²) in [5.74, 6) is 0. The number of benzene rings is 2. The molecule has 2 atom stereocenters. The highest BCUT2D eigenvalue weighted by molar-refractivity contribution is 9.10. The molecule has 2 aromatic carbocycles. The van der Waals surface area contributed by atoms with Gasteiger partial charge in [0.1, 0.15) is 25.5 Å². The topological polar surface area (TPSA) is 152 Å². The third-order valence-corrected chi connectivity index (χ3v) is 9.62. The summed E-state index contributed by atoms with van der Waals surface area (Å²) in [5.41, 5.74) is 0. The Bertz CT molecular complexity index is 1190. The Morgan fingerprint density at radius 1 is 0.711 bits per heavy atom. The van der Waals surface area contributed by atoms with E-state index in [1.165, 1.54) is 12.1 Å². The van der Waals surface area contributed by atoms with Crippen LogP contribution in [0.4, 0.5) is 4.79 Å². The van der Waals surface area contributed by atoms with Crippen LogP contribution in [0.1, 0.15) is 27.7 Å². The number of rotatable bonds is 14. The molecular weight excluding hydrogens is 668 g/mol. The molecule has 38 heavy (non-hydrogen) atoms. The van der Waals surface area contributed by atoms with Crippen molar-refractivity contribution in [2.75, 3.05) is 13.2 Å². The summed E-state index contributed by atoms with van der Waals surface area (Å²) in [6.07, 6.45) is -3.02. The summed E-state index contributed by atoms with van der Waals surface area (Å²) >= 11 is 6.45. The van der Waals surface area contributed by atoms with Gasteiger partial charge in [0.05, 0.1) is 9.79 Å². The van der Waals surface area contributed by atoms with Gasteiger partial charge < -0.3 is 9.47 Å². The zero-order valence-corrected chi connectivity index (χ0v) is 26.1. The Hall–Kier alpha value is -1.59. The molecule has 2 rings (SSSR count). The number of carbonyl (C=O) groups excluding carboxylic acids is 1. The summed E-state index contributed by atoms with van der Waals surface area (Å²) in [6.45, 7) is 6.45. The van der Waals surface area contributed by atoms with Crippen molar-refractivity contribution >= 4 is 58.1 Å². The van der Waals surface area contributed by atoms with Gasteiger partial charge in [-0.15, -0.1) is 0 Å². The highest BCUT2D eigenvalue weighted by atomic mass is 79.9. The molecule has 0 aliphatic heterocycles. The van der Waals surface area contributed by atoms with Gasteiger partial charge in [0.2, 0.25) is 20.0 Å². The van der Waals surface area contributed by atoms with Crippen LogP contribution in [-0.4, -0.2) is 60.6 Å². The van der Waals surface area contributed by atoms with Gasteiger partial charge in [-0.1, -0.05) is 24.3 Å². The molecule has 212 valence electrons. The van der Waals surface area contributed by atoms with E-state index in [2.05, 4.69) is 51.9 Å². The molecule has 0 spiro atoms. The van der Waals surface area contributed by atoms with E-state index >= 15 is 0 Å². The predicted octanol–water partition coefficient (Wildman–Crippen LogP) is 3.27. The van der Waals surface area contributed by atoms with Gasteiger partial charge in [-0.05, 0) is 83.8 Å². The first kappa shape index (κ1) is 32.6. The molecule has 0 saturated carbocycles. The van der Waals surface area contributed by atoms with Crippen LogP contribution >= 0.6 is 31.9 Å². The second kappa shape index (κ2) is 14.7. The van der Waals surface area contributed by atoms with Crippen LogP contribution in [-0.2, 0) is 29.5 Å². The minimum absolute atomic E-state index is 0.0260. The maximum Gasteiger partial charge on any atom is 0.508 e. The number of hydrogen-bond acceptors (Lipinski definition) is 9. The molecule has 11 nitrogen and oxygen atoms in total. The number of carbonyl (C=O) groups is 1. The number of ether oxygens (including phenoxy) is 2. The summed E-state index contributed by atoms with van der Waals surface area (Å²) in [5, 5.41) is 5.96. The maximum absolute atomic E-state index is 12.9. The molecule has 0 radical (unpaired) electrons. The van der Waals surface area contributed by atoms with E-state index in [-0.39, 0.29) is 35.1 Å². The first-order valence-corrected chi connectivity index (χ1v) is 16.1. The summed E-state index contributed by atoms with van der Waals surface area (Å²) in [4.78, 5) is 12.4. The van der Waals surface area contributed by atoms with Gasteiger partial charge in [0, 0.05) is 21.0 Å². The summed E-state index contributed by atoms with van der Waals surface area (Å²) in [6, 6.07) is 12.3. The van der Waals surface area contributed by atoms with Crippen molar-refractivity contribution < 1.29 is 31.1 Å². The third-order valence-electron chi connectivity index (χ3n) is 4.65.